The molecule has 1 aromatic heterocycles. The van der Waals surface area contributed by atoms with E-state index >= 15 is 0 Å². The van der Waals surface area contributed by atoms with Crippen LogP contribution in [0.25, 0.3) is 0 Å². The van der Waals surface area contributed by atoms with Crippen molar-refractivity contribution in [2.75, 3.05) is 49.7 Å². The summed E-state index contributed by atoms with van der Waals surface area (Å²) in [5, 5.41) is 12.6. The summed E-state index contributed by atoms with van der Waals surface area (Å²) in [4.78, 5) is 14.9. The van der Waals surface area contributed by atoms with Crippen LogP contribution in [0.3, 0.4) is 0 Å². The number of aromatic nitrogens is 3. The van der Waals surface area contributed by atoms with Crippen LogP contribution >= 0.6 is 0 Å². The number of aliphatic hydroxyl groups excluding tert-OH is 1. The first-order chi connectivity index (χ1) is 10.3. The van der Waals surface area contributed by atoms with Crippen LogP contribution in [0.15, 0.2) is 0 Å². The van der Waals surface area contributed by atoms with Crippen LogP contribution in [0.1, 0.15) is 20.3 Å². The standard InChI is InChI=1S/C13H23N5O3/c1-3-5-14-11-15-12(17-13(16-11)21-4-2)18-6-7-20-9-10(18)8-19/h10,19H,3-9H2,1-2H3,(H,14,15,16,17). The SMILES string of the molecule is CCCNc1nc(OCC)nc(N2CCOCC2CO)n1. The van der Waals surface area contributed by atoms with Crippen LogP contribution in [0.4, 0.5) is 11.9 Å². The predicted molar refractivity (Wildman–Crippen MR) is 78.8 cm³/mol. The summed E-state index contributed by atoms with van der Waals surface area (Å²) >= 11 is 0. The maximum Gasteiger partial charge on any atom is 0.323 e. The van der Waals surface area contributed by atoms with Gasteiger partial charge in [-0.2, -0.15) is 15.0 Å². The van der Waals surface area contributed by atoms with Crippen LogP contribution in [-0.4, -0.2) is 65.6 Å². The number of hydrogen-bond donors (Lipinski definition) is 2. The number of nitrogens with one attached hydrogen (secondary N) is 1. The summed E-state index contributed by atoms with van der Waals surface area (Å²) in [5.74, 6) is 1.00. The molecule has 2 N–H and O–H groups in total. The summed E-state index contributed by atoms with van der Waals surface area (Å²) in [7, 11) is 0. The van der Waals surface area contributed by atoms with Crippen molar-refractivity contribution in [3.63, 3.8) is 0 Å². The number of anilines is 2. The third-order valence-electron chi connectivity index (χ3n) is 3.10. The van der Waals surface area contributed by atoms with Gasteiger partial charge in [0.25, 0.3) is 0 Å². The fourth-order valence-corrected chi connectivity index (χ4v) is 2.05. The van der Waals surface area contributed by atoms with E-state index in [1.807, 2.05) is 11.8 Å². The first kappa shape index (κ1) is 15.7. The Morgan fingerprint density at radius 3 is 2.95 bits per heavy atom. The number of morpholine rings is 1. The Bertz CT molecular complexity index is 446. The lowest BCUT2D eigenvalue weighted by Crippen LogP contribution is -2.48. The highest BCUT2D eigenvalue weighted by atomic mass is 16.5. The molecule has 1 fully saturated rings. The normalized spacial score (nSPS) is 18.6. The predicted octanol–water partition coefficient (Wildman–Crippen LogP) is 0.290. The largest absolute Gasteiger partial charge is 0.464 e. The lowest BCUT2D eigenvalue weighted by molar-refractivity contribution is 0.0717. The lowest BCUT2D eigenvalue weighted by atomic mass is 10.2. The minimum atomic E-state index is -0.144. The van der Waals surface area contributed by atoms with Crippen LogP contribution in [0.2, 0.25) is 0 Å². The van der Waals surface area contributed by atoms with Gasteiger partial charge in [0.1, 0.15) is 0 Å². The minimum Gasteiger partial charge on any atom is -0.464 e. The Morgan fingerprint density at radius 1 is 1.38 bits per heavy atom. The van der Waals surface area contributed by atoms with Gasteiger partial charge in [-0.15, -0.1) is 0 Å². The molecule has 0 saturated carbocycles. The van der Waals surface area contributed by atoms with Crippen LogP contribution < -0.4 is 15.0 Å². The molecule has 1 atom stereocenters. The topological polar surface area (TPSA) is 92.6 Å². The van der Waals surface area contributed by atoms with Crippen molar-refractivity contribution in [3.8, 4) is 6.01 Å². The van der Waals surface area contributed by atoms with Crippen molar-refractivity contribution in [2.45, 2.75) is 26.3 Å². The minimum absolute atomic E-state index is 0.00657. The molecule has 21 heavy (non-hydrogen) atoms. The Labute approximate surface area is 124 Å². The van der Waals surface area contributed by atoms with Gasteiger partial charge in [-0.3, -0.25) is 0 Å². The molecule has 1 aliphatic rings. The summed E-state index contributed by atoms with van der Waals surface area (Å²) in [6, 6.07) is 0.152. The Hall–Kier alpha value is -1.67. The van der Waals surface area contributed by atoms with Gasteiger partial charge in [0, 0.05) is 13.1 Å². The van der Waals surface area contributed by atoms with Gasteiger partial charge in [-0.1, -0.05) is 6.92 Å². The van der Waals surface area contributed by atoms with Gasteiger partial charge in [0.15, 0.2) is 0 Å². The molecular formula is C13H23N5O3. The molecule has 118 valence electrons. The fourth-order valence-electron chi connectivity index (χ4n) is 2.05. The van der Waals surface area contributed by atoms with E-state index in [9.17, 15) is 5.11 Å². The second kappa shape index (κ2) is 7.94. The zero-order valence-electron chi connectivity index (χ0n) is 12.6. The molecule has 0 amide bonds. The Balaban J connectivity index is 2.24. The van der Waals surface area contributed by atoms with E-state index in [1.54, 1.807) is 0 Å². The third kappa shape index (κ3) is 4.15. The molecule has 1 aromatic rings. The molecule has 0 aliphatic carbocycles. The quantitative estimate of drug-likeness (QED) is 0.742. The molecule has 0 aromatic carbocycles. The van der Waals surface area contributed by atoms with Crippen molar-refractivity contribution < 1.29 is 14.6 Å². The van der Waals surface area contributed by atoms with E-state index in [4.69, 9.17) is 9.47 Å². The first-order valence-electron chi connectivity index (χ1n) is 7.36. The lowest BCUT2D eigenvalue weighted by Gasteiger charge is -2.34. The molecule has 2 heterocycles. The summed E-state index contributed by atoms with van der Waals surface area (Å²) in [6.07, 6.45) is 0.974. The van der Waals surface area contributed by atoms with Crippen molar-refractivity contribution in [1.82, 2.24) is 15.0 Å². The molecule has 2 rings (SSSR count). The van der Waals surface area contributed by atoms with E-state index < -0.39 is 0 Å². The van der Waals surface area contributed by atoms with E-state index in [0.29, 0.717) is 44.3 Å². The molecule has 1 unspecified atom stereocenters. The number of ether oxygens (including phenoxy) is 2. The number of aliphatic hydroxyl groups is 1. The fraction of sp³-hybridized carbons (Fsp3) is 0.769. The maximum absolute atomic E-state index is 9.47. The average Bonchev–Trinajstić information content (AvgIpc) is 2.53. The van der Waals surface area contributed by atoms with Gasteiger partial charge >= 0.3 is 6.01 Å². The summed E-state index contributed by atoms with van der Waals surface area (Å²) in [5.41, 5.74) is 0. The Kier molecular flexibility index (Phi) is 5.94. The van der Waals surface area contributed by atoms with E-state index in [1.165, 1.54) is 0 Å². The van der Waals surface area contributed by atoms with Crippen LogP contribution in [-0.2, 0) is 4.74 Å². The molecule has 0 spiro atoms. The molecule has 1 saturated heterocycles. The van der Waals surface area contributed by atoms with Gasteiger partial charge in [0.2, 0.25) is 11.9 Å². The highest BCUT2D eigenvalue weighted by molar-refractivity contribution is 5.40. The average molecular weight is 297 g/mol. The van der Waals surface area contributed by atoms with Gasteiger partial charge in [-0.05, 0) is 13.3 Å². The van der Waals surface area contributed by atoms with Crippen molar-refractivity contribution in [2.24, 2.45) is 0 Å². The Morgan fingerprint density at radius 2 is 2.24 bits per heavy atom. The molecule has 0 radical (unpaired) electrons. The van der Waals surface area contributed by atoms with Crippen molar-refractivity contribution >= 4 is 11.9 Å². The summed E-state index contributed by atoms with van der Waals surface area (Å²) < 4.78 is 10.8. The van der Waals surface area contributed by atoms with Gasteiger partial charge < -0.3 is 24.8 Å². The second-order valence-electron chi connectivity index (χ2n) is 4.71. The molecule has 1 aliphatic heterocycles. The van der Waals surface area contributed by atoms with E-state index in [-0.39, 0.29) is 12.6 Å². The smallest absolute Gasteiger partial charge is 0.323 e. The molecule has 8 heteroatoms. The third-order valence-corrected chi connectivity index (χ3v) is 3.10. The summed E-state index contributed by atoms with van der Waals surface area (Å²) in [6.45, 7) is 6.90. The van der Waals surface area contributed by atoms with Gasteiger partial charge in [-0.25, -0.2) is 0 Å². The molecule has 8 nitrogen and oxygen atoms in total. The first-order valence-corrected chi connectivity index (χ1v) is 7.36. The zero-order chi connectivity index (χ0) is 15.1. The monoisotopic (exact) mass is 297 g/mol. The van der Waals surface area contributed by atoms with Crippen LogP contribution in [0, 0.1) is 0 Å². The molecular weight excluding hydrogens is 274 g/mol. The van der Waals surface area contributed by atoms with E-state index in [2.05, 4.69) is 27.2 Å². The second-order valence-corrected chi connectivity index (χ2v) is 4.71. The number of hydrogen-bond acceptors (Lipinski definition) is 8. The zero-order valence-corrected chi connectivity index (χ0v) is 12.6. The van der Waals surface area contributed by atoms with E-state index in [0.717, 1.165) is 13.0 Å². The highest BCUT2D eigenvalue weighted by Gasteiger charge is 2.25. The maximum atomic E-state index is 9.47. The van der Waals surface area contributed by atoms with Gasteiger partial charge in [0.05, 0.1) is 32.5 Å². The van der Waals surface area contributed by atoms with Crippen LogP contribution in [0.5, 0.6) is 6.01 Å². The highest BCUT2D eigenvalue weighted by Crippen LogP contribution is 2.19. The molecule has 0 bridgehead atoms. The number of nitrogens with zero attached hydrogens (tertiary/aromatic N) is 4. The van der Waals surface area contributed by atoms with Crippen molar-refractivity contribution in [3.05, 3.63) is 0 Å². The number of rotatable bonds is 7. The van der Waals surface area contributed by atoms with Crippen molar-refractivity contribution in [1.29, 1.82) is 0 Å².